The Morgan fingerprint density at radius 2 is 2.13 bits per heavy atom. The smallest absolute Gasteiger partial charge is 0.228 e. The van der Waals surface area contributed by atoms with Gasteiger partial charge in [-0.2, -0.15) is 0 Å². The van der Waals surface area contributed by atoms with Crippen LogP contribution in [0.5, 0.6) is 5.75 Å². The maximum atomic E-state index is 12.8. The Kier molecular flexibility index (Phi) is 3.10. The minimum absolute atomic E-state index is 0.0734. The Hall–Kier alpha value is -1.82. The van der Waals surface area contributed by atoms with Crippen LogP contribution >= 0.6 is 0 Å². The van der Waals surface area contributed by atoms with Crippen LogP contribution in [-0.4, -0.2) is 23.6 Å². The van der Waals surface area contributed by atoms with E-state index in [1.54, 1.807) is 17.0 Å². The first kappa shape index (κ1) is 14.8. The fraction of sp³-hybridized carbons (Fsp3) is 0.471. The third-order valence-electron chi connectivity index (χ3n) is 4.37. The molecule has 2 aromatic rings. The van der Waals surface area contributed by atoms with Crippen LogP contribution < -0.4 is 4.74 Å². The van der Waals surface area contributed by atoms with Crippen LogP contribution in [0.25, 0.3) is 0 Å². The zero-order valence-electron chi connectivity index (χ0n) is 13.3. The summed E-state index contributed by atoms with van der Waals surface area (Å²) in [6, 6.07) is 6.04. The lowest BCUT2D eigenvalue weighted by Gasteiger charge is -2.18. The third kappa shape index (κ3) is 2.65. The minimum Gasteiger partial charge on any atom is -0.487 e. The van der Waals surface area contributed by atoms with Gasteiger partial charge in [-0.25, -0.2) is 13.4 Å². The van der Waals surface area contributed by atoms with E-state index >= 15 is 0 Å². The molecule has 5 nitrogen and oxygen atoms in total. The van der Waals surface area contributed by atoms with Crippen molar-refractivity contribution in [2.75, 3.05) is 0 Å². The Labute approximate surface area is 136 Å². The molecule has 1 aromatic heterocycles. The maximum absolute atomic E-state index is 12.8. The summed E-state index contributed by atoms with van der Waals surface area (Å²) in [5.74, 6) is 0.654. The highest BCUT2D eigenvalue weighted by atomic mass is 32.2. The van der Waals surface area contributed by atoms with Crippen LogP contribution in [0.15, 0.2) is 35.7 Å². The second-order valence-corrected chi connectivity index (χ2v) is 8.93. The molecule has 6 heteroatoms. The summed E-state index contributed by atoms with van der Waals surface area (Å²) in [5, 5.41) is 0.176. The number of ether oxygens (including phenoxy) is 1. The molecule has 23 heavy (non-hydrogen) atoms. The number of rotatable bonds is 4. The normalized spacial score (nSPS) is 19.4. The van der Waals surface area contributed by atoms with Crippen LogP contribution in [0.2, 0.25) is 0 Å². The highest BCUT2D eigenvalue weighted by Gasteiger charge is 2.34. The van der Waals surface area contributed by atoms with Gasteiger partial charge in [-0.1, -0.05) is 18.2 Å². The minimum atomic E-state index is -3.49. The van der Waals surface area contributed by atoms with Crippen molar-refractivity contribution < 1.29 is 13.2 Å². The molecule has 0 bridgehead atoms. The van der Waals surface area contributed by atoms with Crippen molar-refractivity contribution in [3.63, 3.8) is 0 Å². The molecule has 0 unspecified atom stereocenters. The summed E-state index contributed by atoms with van der Waals surface area (Å²) < 4.78 is 33.5. The first-order valence-electron chi connectivity index (χ1n) is 7.91. The zero-order valence-corrected chi connectivity index (χ0v) is 14.1. The zero-order chi connectivity index (χ0) is 16.2. The Balaban J connectivity index is 1.69. The van der Waals surface area contributed by atoms with Gasteiger partial charge in [0.1, 0.15) is 11.4 Å². The molecular weight excluding hydrogens is 312 g/mol. The molecule has 0 radical (unpaired) electrons. The van der Waals surface area contributed by atoms with Crippen LogP contribution in [0.3, 0.4) is 0 Å². The molecule has 1 aliphatic heterocycles. The van der Waals surface area contributed by atoms with Crippen molar-refractivity contribution in [3.05, 3.63) is 41.7 Å². The number of imidazole rings is 1. The van der Waals surface area contributed by atoms with Gasteiger partial charge in [0.25, 0.3) is 0 Å². The van der Waals surface area contributed by atoms with Crippen molar-refractivity contribution in [2.45, 2.75) is 55.7 Å². The molecule has 1 fully saturated rings. The molecule has 1 saturated carbocycles. The molecule has 122 valence electrons. The highest BCUT2D eigenvalue weighted by Crippen LogP contribution is 2.40. The summed E-state index contributed by atoms with van der Waals surface area (Å²) in [5.41, 5.74) is 1.51. The molecule has 0 saturated heterocycles. The van der Waals surface area contributed by atoms with Crippen molar-refractivity contribution in [1.82, 2.24) is 9.55 Å². The van der Waals surface area contributed by atoms with Gasteiger partial charge in [0.15, 0.2) is 0 Å². The lowest BCUT2D eigenvalue weighted by atomic mass is 10.0. The lowest BCUT2D eigenvalue weighted by molar-refractivity contribution is 0.137. The number of para-hydroxylation sites is 1. The van der Waals surface area contributed by atoms with Gasteiger partial charge in [-0.15, -0.1) is 0 Å². The average molecular weight is 332 g/mol. The quantitative estimate of drug-likeness (QED) is 0.864. The molecule has 2 heterocycles. The molecule has 4 rings (SSSR count). The van der Waals surface area contributed by atoms with Crippen molar-refractivity contribution >= 4 is 9.84 Å². The van der Waals surface area contributed by atoms with E-state index in [1.165, 1.54) is 0 Å². The van der Waals surface area contributed by atoms with Crippen LogP contribution in [0, 0.1) is 0 Å². The molecule has 0 amide bonds. The summed E-state index contributed by atoms with van der Waals surface area (Å²) in [6.45, 7) is 4.04. The fourth-order valence-electron chi connectivity index (χ4n) is 3.23. The summed E-state index contributed by atoms with van der Waals surface area (Å²) in [4.78, 5) is 4.10. The SMILES string of the molecule is CC1(C)Cc2cccc(CS(=O)(=O)c3nccn3C3CC3)c2O1. The van der Waals surface area contributed by atoms with Gasteiger partial charge in [0.2, 0.25) is 15.0 Å². The summed E-state index contributed by atoms with van der Waals surface area (Å²) in [6.07, 6.45) is 6.18. The van der Waals surface area contributed by atoms with Gasteiger partial charge in [0.05, 0.1) is 5.75 Å². The molecule has 0 atom stereocenters. The lowest BCUT2D eigenvalue weighted by Crippen LogP contribution is -2.25. The number of sulfone groups is 1. The van der Waals surface area contributed by atoms with Crippen LogP contribution in [0.1, 0.15) is 43.9 Å². The monoisotopic (exact) mass is 332 g/mol. The summed E-state index contributed by atoms with van der Waals surface area (Å²) in [7, 11) is -3.49. The average Bonchev–Trinajstić information content (AvgIpc) is 3.07. The third-order valence-corrected chi connectivity index (χ3v) is 5.93. The van der Waals surface area contributed by atoms with Gasteiger partial charge in [-0.3, -0.25) is 0 Å². The maximum Gasteiger partial charge on any atom is 0.228 e. The Morgan fingerprint density at radius 3 is 2.87 bits per heavy atom. The largest absolute Gasteiger partial charge is 0.487 e. The van der Waals surface area contributed by atoms with E-state index in [0.29, 0.717) is 6.04 Å². The fourth-order valence-corrected chi connectivity index (χ4v) is 4.75. The Bertz CT molecular complexity index is 864. The van der Waals surface area contributed by atoms with Crippen molar-refractivity contribution in [3.8, 4) is 5.75 Å². The standard InChI is InChI=1S/C17H20N2O3S/c1-17(2)10-12-4-3-5-13(15(12)22-17)11-23(20,21)16-18-8-9-19(16)14-6-7-14/h3-5,8-9,14H,6-7,10-11H2,1-2H3. The van der Waals surface area contributed by atoms with Gasteiger partial charge >= 0.3 is 0 Å². The van der Waals surface area contributed by atoms with Crippen molar-refractivity contribution in [1.29, 1.82) is 0 Å². The molecule has 0 spiro atoms. The number of aromatic nitrogens is 2. The number of benzene rings is 1. The molecular formula is C17H20N2O3S. The predicted molar refractivity (Wildman–Crippen MR) is 86.2 cm³/mol. The predicted octanol–water partition coefficient (Wildman–Crippen LogP) is 2.91. The van der Waals surface area contributed by atoms with Gasteiger partial charge in [-0.05, 0) is 32.3 Å². The van der Waals surface area contributed by atoms with Gasteiger partial charge < -0.3 is 9.30 Å². The van der Waals surface area contributed by atoms with Crippen molar-refractivity contribution in [2.24, 2.45) is 0 Å². The first-order chi connectivity index (χ1) is 10.9. The molecule has 2 aliphatic rings. The first-order valence-corrected chi connectivity index (χ1v) is 9.56. The van der Waals surface area contributed by atoms with E-state index in [4.69, 9.17) is 4.74 Å². The number of hydrogen-bond donors (Lipinski definition) is 0. The number of hydrogen-bond acceptors (Lipinski definition) is 4. The van der Waals surface area contributed by atoms with Crippen LogP contribution in [-0.2, 0) is 22.0 Å². The van der Waals surface area contributed by atoms with E-state index in [0.717, 1.165) is 36.1 Å². The van der Waals surface area contributed by atoms with E-state index in [2.05, 4.69) is 4.98 Å². The summed E-state index contributed by atoms with van der Waals surface area (Å²) >= 11 is 0. The van der Waals surface area contributed by atoms with E-state index in [-0.39, 0.29) is 16.5 Å². The van der Waals surface area contributed by atoms with E-state index in [9.17, 15) is 8.42 Å². The second kappa shape index (κ2) is 4.84. The molecule has 1 aromatic carbocycles. The highest BCUT2D eigenvalue weighted by molar-refractivity contribution is 7.90. The Morgan fingerprint density at radius 1 is 1.35 bits per heavy atom. The number of fused-ring (bicyclic) bond motifs is 1. The molecule has 0 N–H and O–H groups in total. The topological polar surface area (TPSA) is 61.2 Å². The van der Waals surface area contributed by atoms with E-state index < -0.39 is 9.84 Å². The van der Waals surface area contributed by atoms with Gasteiger partial charge in [0, 0.05) is 30.4 Å². The van der Waals surface area contributed by atoms with Crippen LogP contribution in [0.4, 0.5) is 0 Å². The van der Waals surface area contributed by atoms with E-state index in [1.807, 2.05) is 32.0 Å². The molecule has 1 aliphatic carbocycles. The second-order valence-electron chi connectivity index (χ2n) is 7.05. The number of nitrogens with zero attached hydrogens (tertiary/aromatic N) is 2.